The number of carbonyl (C=O) groups excluding carboxylic acids is 2. The summed E-state index contributed by atoms with van der Waals surface area (Å²) in [7, 11) is 0. The summed E-state index contributed by atoms with van der Waals surface area (Å²) < 4.78 is 5.00. The smallest absolute Gasteiger partial charge is 0.277 e. The van der Waals surface area contributed by atoms with Gasteiger partial charge in [0.15, 0.2) is 0 Å². The number of carbonyl (C=O) groups is 2. The second kappa shape index (κ2) is 5.26. The van der Waals surface area contributed by atoms with Gasteiger partial charge in [-0.15, -0.1) is 0 Å². The lowest BCUT2D eigenvalue weighted by Crippen LogP contribution is -2.44. The van der Waals surface area contributed by atoms with E-state index in [2.05, 4.69) is 5.16 Å². The summed E-state index contributed by atoms with van der Waals surface area (Å²) in [4.78, 5) is 24.4. The van der Waals surface area contributed by atoms with Crippen LogP contribution in [0.5, 0.6) is 0 Å². The van der Waals surface area contributed by atoms with Gasteiger partial charge in [-0.3, -0.25) is 9.59 Å². The molecular weight excluding hydrogens is 246 g/mol. The maximum atomic E-state index is 12.5. The number of hydrogen-bond acceptors (Lipinski definition) is 4. The summed E-state index contributed by atoms with van der Waals surface area (Å²) in [6.07, 6.45) is 3.90. The summed E-state index contributed by atoms with van der Waals surface area (Å²) in [6.45, 7) is 6.28. The molecule has 6 heteroatoms. The predicted octanol–water partition coefficient (Wildman–Crippen LogP) is 1.46. The van der Waals surface area contributed by atoms with E-state index in [0.29, 0.717) is 30.1 Å². The van der Waals surface area contributed by atoms with Crippen LogP contribution in [0.4, 0.5) is 0 Å². The molecule has 2 heterocycles. The highest BCUT2D eigenvalue weighted by atomic mass is 16.5. The predicted molar refractivity (Wildman–Crippen MR) is 68.2 cm³/mol. The Hall–Kier alpha value is -2.11. The van der Waals surface area contributed by atoms with Gasteiger partial charge in [-0.05, 0) is 27.2 Å². The van der Waals surface area contributed by atoms with Crippen molar-refractivity contribution in [2.75, 3.05) is 13.1 Å². The van der Waals surface area contributed by atoms with E-state index in [1.54, 1.807) is 26.8 Å². The van der Waals surface area contributed by atoms with Gasteiger partial charge < -0.3 is 4.52 Å². The zero-order valence-corrected chi connectivity index (χ0v) is 11.3. The van der Waals surface area contributed by atoms with Crippen LogP contribution in [0.3, 0.4) is 0 Å². The molecule has 2 amide bonds. The molecule has 0 saturated carbocycles. The van der Waals surface area contributed by atoms with E-state index in [0.717, 1.165) is 6.42 Å². The number of amides is 2. The molecule has 0 aliphatic carbocycles. The number of nitrogens with zero attached hydrogens (tertiary/aromatic N) is 3. The third kappa shape index (κ3) is 2.38. The van der Waals surface area contributed by atoms with Crippen molar-refractivity contribution < 1.29 is 14.1 Å². The van der Waals surface area contributed by atoms with Gasteiger partial charge in [0.05, 0.1) is 5.69 Å². The molecule has 0 radical (unpaired) electrons. The Morgan fingerprint density at radius 1 is 1.26 bits per heavy atom. The number of allylic oxidation sites excluding steroid dienone is 1. The molecule has 0 N–H and O–H groups in total. The summed E-state index contributed by atoms with van der Waals surface area (Å²) in [5.74, 6) is 0.0690. The minimum atomic E-state index is -0.230. The molecule has 2 rings (SSSR count). The number of hydrogen-bond donors (Lipinski definition) is 0. The van der Waals surface area contributed by atoms with Gasteiger partial charge in [-0.25, -0.2) is 10.0 Å². The molecule has 0 spiro atoms. The van der Waals surface area contributed by atoms with Crippen LogP contribution >= 0.6 is 0 Å². The van der Waals surface area contributed by atoms with Crippen molar-refractivity contribution in [2.24, 2.45) is 0 Å². The summed E-state index contributed by atoms with van der Waals surface area (Å²) in [6, 6.07) is 0. The highest BCUT2D eigenvalue weighted by Crippen LogP contribution is 2.20. The van der Waals surface area contributed by atoms with Crippen molar-refractivity contribution in [1.29, 1.82) is 0 Å². The lowest BCUT2D eigenvalue weighted by atomic mass is 10.2. The van der Waals surface area contributed by atoms with Crippen molar-refractivity contribution in [3.8, 4) is 0 Å². The fourth-order valence-electron chi connectivity index (χ4n) is 2.20. The zero-order valence-electron chi connectivity index (χ0n) is 11.3. The number of hydrazine groups is 1. The van der Waals surface area contributed by atoms with E-state index in [1.807, 2.05) is 0 Å². The van der Waals surface area contributed by atoms with Crippen LogP contribution in [0.2, 0.25) is 0 Å². The van der Waals surface area contributed by atoms with Crippen LogP contribution in [-0.2, 0) is 4.79 Å². The highest BCUT2D eigenvalue weighted by molar-refractivity contribution is 5.98. The van der Waals surface area contributed by atoms with E-state index in [1.165, 1.54) is 16.1 Å². The molecule has 1 fully saturated rings. The number of aromatic nitrogens is 1. The fourth-order valence-corrected chi connectivity index (χ4v) is 2.20. The van der Waals surface area contributed by atoms with E-state index in [-0.39, 0.29) is 11.8 Å². The first kappa shape index (κ1) is 13.3. The Kier molecular flexibility index (Phi) is 3.69. The Bertz CT molecular complexity index is 514. The molecule has 102 valence electrons. The molecule has 1 aromatic rings. The van der Waals surface area contributed by atoms with Crippen molar-refractivity contribution in [3.63, 3.8) is 0 Å². The van der Waals surface area contributed by atoms with Gasteiger partial charge in [-0.2, -0.15) is 0 Å². The van der Waals surface area contributed by atoms with Crippen molar-refractivity contribution in [2.45, 2.75) is 27.2 Å². The molecule has 6 nitrogen and oxygen atoms in total. The Balaban J connectivity index is 2.26. The van der Waals surface area contributed by atoms with Crippen LogP contribution < -0.4 is 0 Å². The first-order valence-corrected chi connectivity index (χ1v) is 6.25. The lowest BCUT2D eigenvalue weighted by molar-refractivity contribution is -0.135. The van der Waals surface area contributed by atoms with Crippen molar-refractivity contribution in [3.05, 3.63) is 29.2 Å². The monoisotopic (exact) mass is 263 g/mol. The Labute approximate surface area is 111 Å². The SMILES string of the molecule is CC=CC(=O)N1CCCN1C(=O)c1c(C)noc1C. The quantitative estimate of drug-likeness (QED) is 0.757. The molecular formula is C13H17N3O3. The Morgan fingerprint density at radius 3 is 2.53 bits per heavy atom. The molecule has 1 saturated heterocycles. The van der Waals surface area contributed by atoms with Gasteiger partial charge >= 0.3 is 0 Å². The van der Waals surface area contributed by atoms with Crippen molar-refractivity contribution >= 4 is 11.8 Å². The van der Waals surface area contributed by atoms with Gasteiger partial charge in [0.2, 0.25) is 0 Å². The first-order valence-electron chi connectivity index (χ1n) is 6.25. The van der Waals surface area contributed by atoms with Gasteiger partial charge in [0, 0.05) is 19.2 Å². The topological polar surface area (TPSA) is 66.7 Å². The van der Waals surface area contributed by atoms with Gasteiger partial charge in [0.1, 0.15) is 11.3 Å². The van der Waals surface area contributed by atoms with Crippen LogP contribution in [0, 0.1) is 13.8 Å². The summed E-state index contributed by atoms with van der Waals surface area (Å²) in [5.41, 5.74) is 0.994. The normalized spacial score (nSPS) is 15.5. The average Bonchev–Trinajstić information content (AvgIpc) is 2.96. The first-order chi connectivity index (χ1) is 9.06. The molecule has 1 aromatic heterocycles. The second-order valence-corrected chi connectivity index (χ2v) is 4.44. The highest BCUT2D eigenvalue weighted by Gasteiger charge is 2.32. The van der Waals surface area contributed by atoms with E-state index < -0.39 is 0 Å². The molecule has 0 bridgehead atoms. The molecule has 1 aliphatic rings. The van der Waals surface area contributed by atoms with Gasteiger partial charge in [-0.1, -0.05) is 11.2 Å². The molecule has 0 unspecified atom stereocenters. The van der Waals surface area contributed by atoms with Crippen LogP contribution in [0.1, 0.15) is 35.2 Å². The zero-order chi connectivity index (χ0) is 14.0. The average molecular weight is 263 g/mol. The standard InChI is InChI=1S/C13H17N3O3/c1-4-6-11(17)15-7-5-8-16(15)13(18)12-9(2)14-19-10(12)3/h4,6H,5,7-8H2,1-3H3. The largest absolute Gasteiger partial charge is 0.361 e. The number of aryl methyl sites for hydroxylation is 2. The molecule has 19 heavy (non-hydrogen) atoms. The van der Waals surface area contributed by atoms with E-state index >= 15 is 0 Å². The van der Waals surface area contributed by atoms with Crippen molar-refractivity contribution in [1.82, 2.24) is 15.2 Å². The molecule has 0 aromatic carbocycles. The molecule has 0 atom stereocenters. The van der Waals surface area contributed by atoms with Crippen LogP contribution in [0.15, 0.2) is 16.7 Å². The second-order valence-electron chi connectivity index (χ2n) is 4.44. The van der Waals surface area contributed by atoms with Crippen LogP contribution in [0.25, 0.3) is 0 Å². The van der Waals surface area contributed by atoms with Crippen LogP contribution in [-0.4, -0.2) is 40.1 Å². The molecule has 1 aliphatic heterocycles. The fraction of sp³-hybridized carbons (Fsp3) is 0.462. The van der Waals surface area contributed by atoms with E-state index in [4.69, 9.17) is 4.52 Å². The lowest BCUT2D eigenvalue weighted by Gasteiger charge is -2.26. The maximum Gasteiger partial charge on any atom is 0.277 e. The third-order valence-electron chi connectivity index (χ3n) is 3.08. The Morgan fingerprint density at radius 2 is 1.95 bits per heavy atom. The summed E-state index contributed by atoms with van der Waals surface area (Å²) >= 11 is 0. The summed E-state index contributed by atoms with van der Waals surface area (Å²) in [5, 5.41) is 6.71. The van der Waals surface area contributed by atoms with E-state index in [9.17, 15) is 9.59 Å². The minimum Gasteiger partial charge on any atom is -0.361 e. The number of rotatable bonds is 2. The minimum absolute atomic E-state index is 0.180. The third-order valence-corrected chi connectivity index (χ3v) is 3.08. The van der Waals surface area contributed by atoms with Gasteiger partial charge in [0.25, 0.3) is 11.8 Å². The maximum absolute atomic E-state index is 12.5.